The Labute approximate surface area is 174 Å². The lowest BCUT2D eigenvalue weighted by atomic mass is 9.75. The van der Waals surface area contributed by atoms with Crippen LogP contribution in [-0.2, 0) is 10.8 Å². The van der Waals surface area contributed by atoms with Crippen molar-refractivity contribution in [2.75, 3.05) is 24.7 Å². The molecule has 1 aliphatic carbocycles. The smallest absolute Gasteiger partial charge is 0.142 e. The van der Waals surface area contributed by atoms with Crippen LogP contribution in [-0.4, -0.2) is 13.2 Å². The molecule has 2 aromatic carbocycles. The van der Waals surface area contributed by atoms with Crippen molar-refractivity contribution in [1.29, 1.82) is 0 Å². The normalized spacial score (nSPS) is 19.6. The summed E-state index contributed by atoms with van der Waals surface area (Å²) in [5, 5.41) is 0. The first-order chi connectivity index (χ1) is 13.7. The third-order valence-corrected chi connectivity index (χ3v) is 5.96. The molecular formula is C25H34N2O2. The standard InChI is InChI=1S/C25H34N2O2/c1-6-8-12-29-22-10-9-17(13-20(22)26)25(5)16-24(3,4)18-14-21(27)23(15-19(18)25)28-11-7-2/h6,9-10,13-15H,1,7-8,11-12,16,26-27H2,2-5H3. The van der Waals surface area contributed by atoms with E-state index in [1.165, 1.54) is 16.7 Å². The minimum atomic E-state index is -0.176. The van der Waals surface area contributed by atoms with Gasteiger partial charge in [0.05, 0.1) is 24.6 Å². The van der Waals surface area contributed by atoms with Gasteiger partial charge in [-0.15, -0.1) is 6.58 Å². The van der Waals surface area contributed by atoms with E-state index < -0.39 is 0 Å². The molecule has 0 aromatic heterocycles. The molecule has 4 nitrogen and oxygen atoms in total. The van der Waals surface area contributed by atoms with Crippen LogP contribution in [0.3, 0.4) is 0 Å². The fourth-order valence-electron chi connectivity index (χ4n) is 4.56. The van der Waals surface area contributed by atoms with Crippen molar-refractivity contribution in [2.24, 2.45) is 0 Å². The van der Waals surface area contributed by atoms with Crippen LogP contribution in [0.1, 0.15) is 63.6 Å². The van der Waals surface area contributed by atoms with Gasteiger partial charge in [-0.3, -0.25) is 0 Å². The summed E-state index contributed by atoms with van der Waals surface area (Å²) in [5.41, 5.74) is 17.6. The zero-order valence-electron chi connectivity index (χ0n) is 18.2. The average molecular weight is 395 g/mol. The minimum Gasteiger partial charge on any atom is -0.491 e. The van der Waals surface area contributed by atoms with E-state index >= 15 is 0 Å². The molecular weight excluding hydrogens is 360 g/mol. The molecule has 1 unspecified atom stereocenters. The first kappa shape index (κ1) is 21.1. The maximum atomic E-state index is 6.34. The molecule has 2 aromatic rings. The van der Waals surface area contributed by atoms with E-state index in [4.69, 9.17) is 20.9 Å². The van der Waals surface area contributed by atoms with Gasteiger partial charge in [0.1, 0.15) is 11.5 Å². The van der Waals surface area contributed by atoms with E-state index in [-0.39, 0.29) is 10.8 Å². The van der Waals surface area contributed by atoms with Crippen LogP contribution in [0.5, 0.6) is 11.5 Å². The van der Waals surface area contributed by atoms with Crippen LogP contribution >= 0.6 is 0 Å². The van der Waals surface area contributed by atoms with Crippen LogP contribution in [0.15, 0.2) is 43.0 Å². The summed E-state index contributed by atoms with van der Waals surface area (Å²) in [7, 11) is 0. The second-order valence-corrected chi connectivity index (χ2v) is 8.86. The summed E-state index contributed by atoms with van der Waals surface area (Å²) in [5.74, 6) is 1.49. The molecule has 1 aliphatic rings. The van der Waals surface area contributed by atoms with Gasteiger partial charge in [-0.1, -0.05) is 39.8 Å². The fraction of sp³-hybridized carbons (Fsp3) is 0.440. The molecule has 1 atom stereocenters. The van der Waals surface area contributed by atoms with Crippen molar-refractivity contribution in [3.05, 3.63) is 59.7 Å². The monoisotopic (exact) mass is 394 g/mol. The lowest BCUT2D eigenvalue weighted by Gasteiger charge is -2.29. The van der Waals surface area contributed by atoms with Crippen molar-refractivity contribution in [2.45, 2.75) is 57.8 Å². The van der Waals surface area contributed by atoms with Crippen molar-refractivity contribution in [3.63, 3.8) is 0 Å². The van der Waals surface area contributed by atoms with E-state index in [0.29, 0.717) is 24.6 Å². The second-order valence-electron chi connectivity index (χ2n) is 8.86. The first-order valence-corrected chi connectivity index (χ1v) is 10.4. The van der Waals surface area contributed by atoms with Gasteiger partial charge in [-0.25, -0.2) is 0 Å². The third kappa shape index (κ3) is 3.93. The van der Waals surface area contributed by atoms with E-state index in [9.17, 15) is 0 Å². The molecule has 0 radical (unpaired) electrons. The number of rotatable bonds is 8. The largest absolute Gasteiger partial charge is 0.491 e. The first-order valence-electron chi connectivity index (χ1n) is 10.4. The van der Waals surface area contributed by atoms with Crippen molar-refractivity contribution in [1.82, 2.24) is 0 Å². The molecule has 0 spiro atoms. The zero-order chi connectivity index (χ0) is 21.2. The number of anilines is 2. The van der Waals surface area contributed by atoms with E-state index in [1.54, 1.807) is 0 Å². The summed E-state index contributed by atoms with van der Waals surface area (Å²) in [4.78, 5) is 0. The Morgan fingerprint density at radius 3 is 2.31 bits per heavy atom. The number of hydrogen-bond donors (Lipinski definition) is 2. The number of fused-ring (bicyclic) bond motifs is 1. The molecule has 0 saturated carbocycles. The lowest BCUT2D eigenvalue weighted by Crippen LogP contribution is -2.23. The summed E-state index contributed by atoms with van der Waals surface area (Å²) in [6.07, 6.45) is 4.56. The van der Waals surface area contributed by atoms with Gasteiger partial charge in [-0.05, 0) is 65.6 Å². The van der Waals surface area contributed by atoms with Crippen LogP contribution in [0.4, 0.5) is 11.4 Å². The summed E-state index contributed by atoms with van der Waals surface area (Å²) >= 11 is 0. The number of nitrogen functional groups attached to an aromatic ring is 2. The van der Waals surface area contributed by atoms with E-state index in [2.05, 4.69) is 58.5 Å². The van der Waals surface area contributed by atoms with Crippen molar-refractivity contribution < 1.29 is 9.47 Å². The SMILES string of the molecule is C=CCCOc1ccc(C2(C)CC(C)(C)c3cc(N)c(OCCC)cc32)cc1N. The summed E-state index contributed by atoms with van der Waals surface area (Å²) in [6, 6.07) is 10.4. The Bertz CT molecular complexity index is 904. The van der Waals surface area contributed by atoms with Crippen LogP contribution < -0.4 is 20.9 Å². The molecule has 4 N–H and O–H groups in total. The molecule has 0 fully saturated rings. The van der Waals surface area contributed by atoms with Gasteiger partial charge in [0.25, 0.3) is 0 Å². The number of hydrogen-bond acceptors (Lipinski definition) is 4. The highest BCUT2D eigenvalue weighted by atomic mass is 16.5. The molecule has 0 saturated heterocycles. The summed E-state index contributed by atoms with van der Waals surface area (Å²) < 4.78 is 11.7. The van der Waals surface area contributed by atoms with Crippen LogP contribution in [0.25, 0.3) is 0 Å². The lowest BCUT2D eigenvalue weighted by molar-refractivity contribution is 0.318. The van der Waals surface area contributed by atoms with E-state index in [1.807, 2.05) is 12.1 Å². The fourth-order valence-corrected chi connectivity index (χ4v) is 4.56. The van der Waals surface area contributed by atoms with Gasteiger partial charge >= 0.3 is 0 Å². The number of benzene rings is 2. The Balaban J connectivity index is 2.02. The Morgan fingerprint density at radius 1 is 0.966 bits per heavy atom. The minimum absolute atomic E-state index is 0.00931. The molecule has 0 aliphatic heterocycles. The number of nitrogens with two attached hydrogens (primary N) is 2. The van der Waals surface area contributed by atoms with Gasteiger partial charge in [0, 0.05) is 5.41 Å². The summed E-state index contributed by atoms with van der Waals surface area (Å²) in [6.45, 7) is 13.9. The molecule has 0 bridgehead atoms. The third-order valence-electron chi connectivity index (χ3n) is 5.96. The second kappa shape index (κ2) is 8.02. The Morgan fingerprint density at radius 2 is 1.66 bits per heavy atom. The van der Waals surface area contributed by atoms with Crippen molar-refractivity contribution >= 4 is 11.4 Å². The predicted molar refractivity (Wildman–Crippen MR) is 122 cm³/mol. The maximum absolute atomic E-state index is 6.34. The molecule has 0 heterocycles. The number of ether oxygens (including phenoxy) is 2. The highest BCUT2D eigenvalue weighted by Gasteiger charge is 2.46. The van der Waals surface area contributed by atoms with Gasteiger partial charge < -0.3 is 20.9 Å². The van der Waals surface area contributed by atoms with Crippen LogP contribution in [0.2, 0.25) is 0 Å². The van der Waals surface area contributed by atoms with Gasteiger partial charge in [0.15, 0.2) is 0 Å². The Hall–Kier alpha value is -2.62. The average Bonchev–Trinajstić information content (AvgIpc) is 2.87. The predicted octanol–water partition coefficient (Wildman–Crippen LogP) is 5.58. The molecule has 3 rings (SSSR count). The van der Waals surface area contributed by atoms with E-state index in [0.717, 1.165) is 30.8 Å². The molecule has 156 valence electrons. The van der Waals surface area contributed by atoms with Crippen LogP contribution in [0, 0.1) is 0 Å². The zero-order valence-corrected chi connectivity index (χ0v) is 18.2. The highest BCUT2D eigenvalue weighted by Crippen LogP contribution is 2.55. The molecule has 0 amide bonds. The maximum Gasteiger partial charge on any atom is 0.142 e. The van der Waals surface area contributed by atoms with Gasteiger partial charge in [-0.2, -0.15) is 0 Å². The highest BCUT2D eigenvalue weighted by molar-refractivity contribution is 5.65. The Kier molecular flexibility index (Phi) is 5.83. The topological polar surface area (TPSA) is 70.5 Å². The molecule has 4 heteroatoms. The quantitative estimate of drug-likeness (QED) is 0.348. The molecule has 29 heavy (non-hydrogen) atoms. The van der Waals surface area contributed by atoms with Gasteiger partial charge in [0.2, 0.25) is 0 Å². The van der Waals surface area contributed by atoms with Crippen molar-refractivity contribution in [3.8, 4) is 11.5 Å².